The molecule has 0 bridgehead atoms. The van der Waals surface area contributed by atoms with Crippen molar-refractivity contribution in [2.45, 2.75) is 20.0 Å². The Bertz CT molecular complexity index is 1490. The van der Waals surface area contributed by atoms with Gasteiger partial charge in [-0.2, -0.15) is 10.4 Å². The van der Waals surface area contributed by atoms with E-state index in [1.54, 1.807) is 25.4 Å². The molecular weight excluding hydrogens is 418 g/mol. The van der Waals surface area contributed by atoms with Gasteiger partial charge in [-0.25, -0.2) is 9.97 Å². The molecule has 0 amide bonds. The minimum Gasteiger partial charge on any atom is -0.453 e. The number of aliphatic hydroxyl groups is 1. The monoisotopic (exact) mass is 437 g/mol. The number of aliphatic hydroxyl groups excluding tert-OH is 1. The number of imidazole rings is 1. The maximum Gasteiger partial charge on any atom is 0.212 e. The molecule has 33 heavy (non-hydrogen) atoms. The Morgan fingerprint density at radius 1 is 1.12 bits per heavy atom. The normalized spacial score (nSPS) is 11.9. The van der Waals surface area contributed by atoms with E-state index in [1.165, 1.54) is 6.26 Å². The molecule has 1 atom stereocenters. The summed E-state index contributed by atoms with van der Waals surface area (Å²) in [4.78, 5) is 9.28. The molecule has 1 aromatic carbocycles. The van der Waals surface area contributed by atoms with Gasteiger partial charge in [0, 0.05) is 11.3 Å². The third-order valence-electron chi connectivity index (χ3n) is 5.25. The summed E-state index contributed by atoms with van der Waals surface area (Å²) in [6.45, 7) is 3.54. The summed E-state index contributed by atoms with van der Waals surface area (Å²) in [5.74, 6) is 1.40. The smallest absolute Gasteiger partial charge is 0.212 e. The first-order valence-electron chi connectivity index (χ1n) is 10.3. The van der Waals surface area contributed by atoms with Crippen LogP contribution in [0.1, 0.15) is 30.0 Å². The first-order valence-corrected chi connectivity index (χ1v) is 10.3. The van der Waals surface area contributed by atoms with Crippen molar-refractivity contribution in [2.24, 2.45) is 0 Å². The van der Waals surface area contributed by atoms with E-state index in [2.05, 4.69) is 20.5 Å². The third kappa shape index (κ3) is 3.79. The first-order chi connectivity index (χ1) is 16.0. The van der Waals surface area contributed by atoms with Crippen LogP contribution in [-0.4, -0.2) is 29.8 Å². The number of hydrogen-bond donors (Lipinski definition) is 2. The molecule has 0 saturated heterocycles. The number of pyridine rings is 1. The van der Waals surface area contributed by atoms with E-state index >= 15 is 0 Å². The second kappa shape index (κ2) is 8.18. The molecule has 2 N–H and O–H groups in total. The fourth-order valence-corrected chi connectivity index (χ4v) is 3.62. The molecule has 9 heteroatoms. The minimum atomic E-state index is -0.763. The molecule has 4 heterocycles. The molecule has 9 nitrogen and oxygen atoms in total. The number of nitriles is 1. The summed E-state index contributed by atoms with van der Waals surface area (Å²) in [6, 6.07) is 16.9. The Labute approximate surface area is 189 Å². The summed E-state index contributed by atoms with van der Waals surface area (Å²) in [5, 5.41) is 31.0. The van der Waals surface area contributed by atoms with Gasteiger partial charge in [0.05, 0.1) is 40.4 Å². The van der Waals surface area contributed by atoms with Gasteiger partial charge in [0.1, 0.15) is 18.2 Å². The number of anilines is 2. The number of benzene rings is 1. The zero-order chi connectivity index (χ0) is 22.9. The van der Waals surface area contributed by atoms with Gasteiger partial charge >= 0.3 is 0 Å². The third-order valence-corrected chi connectivity index (χ3v) is 5.25. The quantitative estimate of drug-likeness (QED) is 0.413. The lowest BCUT2D eigenvalue weighted by molar-refractivity contribution is 0.199. The fourth-order valence-electron chi connectivity index (χ4n) is 3.62. The van der Waals surface area contributed by atoms with E-state index in [4.69, 9.17) is 9.40 Å². The molecular formula is C24H19N7O2. The summed E-state index contributed by atoms with van der Waals surface area (Å²) in [5.41, 5.74) is 4.93. The summed E-state index contributed by atoms with van der Waals surface area (Å²) < 4.78 is 7.11. The number of hydrogen-bond acceptors (Lipinski definition) is 8. The van der Waals surface area contributed by atoms with Crippen molar-refractivity contribution in [1.29, 1.82) is 5.26 Å². The van der Waals surface area contributed by atoms with Crippen LogP contribution < -0.4 is 5.32 Å². The van der Waals surface area contributed by atoms with Gasteiger partial charge < -0.3 is 14.8 Å². The molecule has 162 valence electrons. The molecule has 0 aliphatic carbocycles. The van der Waals surface area contributed by atoms with Gasteiger partial charge in [-0.1, -0.05) is 6.07 Å². The predicted octanol–water partition coefficient (Wildman–Crippen LogP) is 4.45. The van der Waals surface area contributed by atoms with Crippen LogP contribution in [0.25, 0.3) is 28.1 Å². The summed E-state index contributed by atoms with van der Waals surface area (Å²) in [6.07, 6.45) is 2.36. The van der Waals surface area contributed by atoms with E-state index in [9.17, 15) is 10.4 Å². The number of fused-ring (bicyclic) bond motifs is 1. The molecule has 1 unspecified atom stereocenters. The Kier molecular flexibility index (Phi) is 5.05. The molecule has 5 rings (SSSR count). The van der Waals surface area contributed by atoms with Gasteiger partial charge in [0.15, 0.2) is 5.82 Å². The standard InChI is InChI=1S/C24H19N7O2/c1-14-3-7-22(30-29-14)27-16-4-6-20-19(11-16)26-13-31(20)23-8-5-17(15(2)32)24(28-23)18-9-10-33-21(18)12-25/h3-11,13,15,32H,1-2H3,(H,27,30). The van der Waals surface area contributed by atoms with Crippen LogP contribution in [0.4, 0.5) is 11.5 Å². The molecule has 0 saturated carbocycles. The lowest BCUT2D eigenvalue weighted by Crippen LogP contribution is -2.03. The minimum absolute atomic E-state index is 0.145. The van der Waals surface area contributed by atoms with Crippen LogP contribution in [0.5, 0.6) is 0 Å². The predicted molar refractivity (Wildman–Crippen MR) is 122 cm³/mol. The van der Waals surface area contributed by atoms with E-state index < -0.39 is 6.10 Å². The highest BCUT2D eigenvalue weighted by molar-refractivity contribution is 5.82. The molecule has 0 aliphatic rings. The van der Waals surface area contributed by atoms with Gasteiger partial charge in [-0.15, -0.1) is 5.10 Å². The summed E-state index contributed by atoms with van der Waals surface area (Å²) >= 11 is 0. The number of aromatic nitrogens is 5. The van der Waals surface area contributed by atoms with Crippen LogP contribution >= 0.6 is 0 Å². The van der Waals surface area contributed by atoms with Crippen molar-refractivity contribution < 1.29 is 9.52 Å². The van der Waals surface area contributed by atoms with Crippen molar-refractivity contribution in [3.8, 4) is 23.1 Å². The van der Waals surface area contributed by atoms with Crippen LogP contribution in [-0.2, 0) is 0 Å². The van der Waals surface area contributed by atoms with Crippen LogP contribution in [0.2, 0.25) is 0 Å². The van der Waals surface area contributed by atoms with Gasteiger partial charge in [-0.3, -0.25) is 4.57 Å². The highest BCUT2D eigenvalue weighted by Gasteiger charge is 2.19. The van der Waals surface area contributed by atoms with Crippen molar-refractivity contribution >= 4 is 22.5 Å². The maximum absolute atomic E-state index is 10.2. The van der Waals surface area contributed by atoms with E-state index in [0.717, 1.165) is 22.4 Å². The maximum atomic E-state index is 10.2. The van der Waals surface area contributed by atoms with Crippen LogP contribution in [0.3, 0.4) is 0 Å². The Balaban J connectivity index is 1.54. The second-order valence-electron chi connectivity index (χ2n) is 7.56. The number of rotatable bonds is 5. The van der Waals surface area contributed by atoms with E-state index in [0.29, 0.717) is 28.5 Å². The highest BCUT2D eigenvalue weighted by Crippen LogP contribution is 2.31. The number of nitrogens with one attached hydrogen (secondary N) is 1. The van der Waals surface area contributed by atoms with Crippen LogP contribution in [0, 0.1) is 18.3 Å². The molecule has 4 aromatic heterocycles. The van der Waals surface area contributed by atoms with Gasteiger partial charge in [-0.05, 0) is 56.3 Å². The Hall–Kier alpha value is -4.55. The fraction of sp³-hybridized carbons (Fsp3) is 0.125. The molecule has 0 radical (unpaired) electrons. The Morgan fingerprint density at radius 2 is 2.00 bits per heavy atom. The molecule has 5 aromatic rings. The first kappa shape index (κ1) is 20.4. The van der Waals surface area contributed by atoms with E-state index in [-0.39, 0.29) is 5.76 Å². The second-order valence-corrected chi connectivity index (χ2v) is 7.56. The van der Waals surface area contributed by atoms with E-state index in [1.807, 2.05) is 54.0 Å². The average Bonchev–Trinajstić information content (AvgIpc) is 3.47. The Morgan fingerprint density at radius 3 is 2.76 bits per heavy atom. The largest absolute Gasteiger partial charge is 0.453 e. The zero-order valence-electron chi connectivity index (χ0n) is 17.9. The topological polar surface area (TPSA) is 126 Å². The molecule has 0 aliphatic heterocycles. The van der Waals surface area contributed by atoms with Crippen molar-refractivity contribution in [2.75, 3.05) is 5.32 Å². The molecule has 0 fully saturated rings. The highest BCUT2D eigenvalue weighted by atomic mass is 16.3. The SMILES string of the molecule is Cc1ccc(Nc2ccc3c(c2)ncn3-c2ccc(C(C)O)c(-c3ccoc3C#N)n2)nn1. The van der Waals surface area contributed by atoms with Gasteiger partial charge in [0.2, 0.25) is 5.76 Å². The zero-order valence-corrected chi connectivity index (χ0v) is 17.9. The lowest BCUT2D eigenvalue weighted by atomic mass is 10.0. The summed E-state index contributed by atoms with van der Waals surface area (Å²) in [7, 11) is 0. The average molecular weight is 437 g/mol. The number of aryl methyl sites for hydroxylation is 1. The van der Waals surface area contributed by atoms with Crippen molar-refractivity contribution in [1.82, 2.24) is 24.7 Å². The van der Waals surface area contributed by atoms with Crippen molar-refractivity contribution in [3.63, 3.8) is 0 Å². The van der Waals surface area contributed by atoms with Gasteiger partial charge in [0.25, 0.3) is 0 Å². The molecule has 0 spiro atoms. The van der Waals surface area contributed by atoms with Crippen LogP contribution in [0.15, 0.2) is 65.5 Å². The number of furan rings is 1. The number of nitrogens with zero attached hydrogens (tertiary/aromatic N) is 6. The van der Waals surface area contributed by atoms with Crippen molar-refractivity contribution in [3.05, 3.63) is 78.1 Å². The lowest BCUT2D eigenvalue weighted by Gasteiger charge is -2.13.